The van der Waals surface area contributed by atoms with Crippen molar-refractivity contribution in [2.75, 3.05) is 17.0 Å². The van der Waals surface area contributed by atoms with Gasteiger partial charge in [0, 0.05) is 0 Å². The first-order chi connectivity index (χ1) is 5.05. The van der Waals surface area contributed by atoms with Crippen LogP contribution in [0.5, 0.6) is 0 Å². The van der Waals surface area contributed by atoms with Crippen molar-refractivity contribution in [1.82, 2.24) is 4.72 Å². The van der Waals surface area contributed by atoms with E-state index >= 15 is 0 Å². The number of halogens is 1. The van der Waals surface area contributed by atoms with Gasteiger partial charge in [0.25, 0.3) is 0 Å². The van der Waals surface area contributed by atoms with E-state index in [-0.39, 0.29) is 3.76 Å². The molecular weight excluding hydrogens is 285 g/mol. The molecule has 3 N–H and O–H groups in total. The molecule has 0 saturated carbocycles. The molecule has 0 aliphatic rings. The SMILES string of the molecule is O=S(=O)(CI)NC(CO)CO. The highest BCUT2D eigenvalue weighted by Crippen LogP contribution is 1.93. The van der Waals surface area contributed by atoms with Crippen molar-refractivity contribution in [3.63, 3.8) is 0 Å². The zero-order valence-electron chi connectivity index (χ0n) is 5.70. The third kappa shape index (κ3) is 4.90. The molecule has 68 valence electrons. The third-order valence-corrected chi connectivity index (χ3v) is 4.37. The minimum Gasteiger partial charge on any atom is -0.395 e. The second-order valence-electron chi connectivity index (χ2n) is 1.90. The van der Waals surface area contributed by atoms with Crippen molar-refractivity contribution in [2.45, 2.75) is 6.04 Å². The van der Waals surface area contributed by atoms with Gasteiger partial charge in [0.1, 0.15) is 3.76 Å². The third-order valence-electron chi connectivity index (χ3n) is 0.931. The number of alkyl halides is 1. The van der Waals surface area contributed by atoms with Crippen LogP contribution in [0, 0.1) is 0 Å². The number of hydrogen-bond donors (Lipinski definition) is 3. The molecule has 0 fully saturated rings. The molecule has 0 radical (unpaired) electrons. The minimum absolute atomic E-state index is 0.0821. The van der Waals surface area contributed by atoms with Crippen LogP contribution >= 0.6 is 22.6 Å². The van der Waals surface area contributed by atoms with E-state index in [9.17, 15) is 8.42 Å². The molecule has 0 bridgehead atoms. The van der Waals surface area contributed by atoms with Gasteiger partial charge in [-0.05, 0) is 0 Å². The van der Waals surface area contributed by atoms with Crippen LogP contribution in [-0.2, 0) is 10.0 Å². The fraction of sp³-hybridized carbons (Fsp3) is 1.00. The molecule has 0 atom stereocenters. The fourth-order valence-corrected chi connectivity index (χ4v) is 1.68. The summed E-state index contributed by atoms with van der Waals surface area (Å²) in [5.74, 6) is 0. The average molecular weight is 295 g/mol. The van der Waals surface area contributed by atoms with Gasteiger partial charge in [0.2, 0.25) is 10.0 Å². The van der Waals surface area contributed by atoms with Gasteiger partial charge in [-0.25, -0.2) is 13.1 Å². The topological polar surface area (TPSA) is 86.6 Å². The van der Waals surface area contributed by atoms with Gasteiger partial charge in [-0.2, -0.15) is 0 Å². The van der Waals surface area contributed by atoms with E-state index < -0.39 is 29.3 Å². The van der Waals surface area contributed by atoms with Crippen LogP contribution in [0.15, 0.2) is 0 Å². The van der Waals surface area contributed by atoms with Crippen molar-refractivity contribution in [2.24, 2.45) is 0 Å². The summed E-state index contributed by atoms with van der Waals surface area (Å²) in [6, 6.07) is -0.783. The largest absolute Gasteiger partial charge is 0.395 e. The number of aliphatic hydroxyl groups excluding tert-OH is 2. The Morgan fingerprint density at radius 3 is 2.09 bits per heavy atom. The Kier molecular flexibility index (Phi) is 5.52. The van der Waals surface area contributed by atoms with E-state index in [1.807, 2.05) is 0 Å². The van der Waals surface area contributed by atoms with Crippen LogP contribution in [0.25, 0.3) is 0 Å². The predicted molar refractivity (Wildman–Crippen MR) is 48.9 cm³/mol. The van der Waals surface area contributed by atoms with Gasteiger partial charge in [0.15, 0.2) is 0 Å². The van der Waals surface area contributed by atoms with Crippen molar-refractivity contribution in [3.8, 4) is 0 Å². The molecule has 7 heteroatoms. The maximum absolute atomic E-state index is 10.8. The van der Waals surface area contributed by atoms with Gasteiger partial charge >= 0.3 is 0 Å². The Hall–Kier alpha value is 0.560. The highest BCUT2D eigenvalue weighted by molar-refractivity contribution is 14.1. The van der Waals surface area contributed by atoms with Crippen LogP contribution in [-0.4, -0.2) is 41.6 Å². The van der Waals surface area contributed by atoms with Gasteiger partial charge < -0.3 is 10.2 Å². The van der Waals surface area contributed by atoms with Gasteiger partial charge in [-0.3, -0.25) is 0 Å². The molecule has 0 aromatic rings. The van der Waals surface area contributed by atoms with Gasteiger partial charge in [0.05, 0.1) is 19.3 Å². The summed E-state index contributed by atoms with van der Waals surface area (Å²) in [5, 5.41) is 17.0. The number of aliphatic hydroxyl groups is 2. The molecule has 0 aromatic heterocycles. The molecule has 5 nitrogen and oxygen atoms in total. The normalized spacial score (nSPS) is 12.4. The predicted octanol–water partition coefficient (Wildman–Crippen LogP) is -1.35. The van der Waals surface area contributed by atoms with Gasteiger partial charge in [-0.1, -0.05) is 22.6 Å². The Morgan fingerprint density at radius 1 is 1.36 bits per heavy atom. The molecule has 0 amide bonds. The summed E-state index contributed by atoms with van der Waals surface area (Å²) in [4.78, 5) is 0. The highest BCUT2D eigenvalue weighted by Gasteiger charge is 2.14. The maximum Gasteiger partial charge on any atom is 0.221 e. The van der Waals surface area contributed by atoms with Crippen molar-refractivity contribution in [1.29, 1.82) is 0 Å². The minimum atomic E-state index is -3.33. The Bertz CT molecular complexity index is 188. The summed E-state index contributed by atoms with van der Waals surface area (Å²) >= 11 is 1.68. The highest BCUT2D eigenvalue weighted by atomic mass is 127. The summed E-state index contributed by atoms with van der Waals surface area (Å²) in [6.07, 6.45) is 0. The maximum atomic E-state index is 10.8. The molecule has 0 aliphatic heterocycles. The van der Waals surface area contributed by atoms with E-state index in [1.54, 1.807) is 22.6 Å². The lowest BCUT2D eigenvalue weighted by Crippen LogP contribution is -2.40. The zero-order chi connectivity index (χ0) is 8.91. The molecule has 0 heterocycles. The van der Waals surface area contributed by atoms with Crippen LogP contribution in [0.1, 0.15) is 0 Å². The smallest absolute Gasteiger partial charge is 0.221 e. The van der Waals surface area contributed by atoms with E-state index in [0.29, 0.717) is 0 Å². The van der Waals surface area contributed by atoms with E-state index in [1.165, 1.54) is 0 Å². The molecule has 0 saturated heterocycles. The Balaban J connectivity index is 4.01. The van der Waals surface area contributed by atoms with E-state index in [0.717, 1.165) is 0 Å². The van der Waals surface area contributed by atoms with Crippen molar-refractivity contribution >= 4 is 32.6 Å². The summed E-state index contributed by atoms with van der Waals surface area (Å²) in [6.45, 7) is -0.793. The van der Waals surface area contributed by atoms with E-state index in [2.05, 4.69) is 4.72 Å². The second kappa shape index (κ2) is 5.25. The van der Waals surface area contributed by atoms with Crippen molar-refractivity contribution < 1.29 is 18.6 Å². The summed E-state index contributed by atoms with van der Waals surface area (Å²) in [5.41, 5.74) is 0. The monoisotopic (exact) mass is 295 g/mol. The van der Waals surface area contributed by atoms with Crippen LogP contribution < -0.4 is 4.72 Å². The summed E-state index contributed by atoms with van der Waals surface area (Å²) < 4.78 is 23.6. The lowest BCUT2D eigenvalue weighted by Gasteiger charge is -2.11. The molecule has 0 aromatic carbocycles. The lowest BCUT2D eigenvalue weighted by molar-refractivity contribution is 0.185. The quantitative estimate of drug-likeness (QED) is 0.432. The summed E-state index contributed by atoms with van der Waals surface area (Å²) in [7, 11) is -3.33. The number of nitrogens with one attached hydrogen (secondary N) is 1. The fourth-order valence-electron chi connectivity index (χ4n) is 0.418. The Labute approximate surface area is 79.0 Å². The van der Waals surface area contributed by atoms with Crippen LogP contribution in [0.3, 0.4) is 0 Å². The number of rotatable bonds is 5. The molecule has 0 spiro atoms. The number of hydrogen-bond acceptors (Lipinski definition) is 4. The van der Waals surface area contributed by atoms with Crippen LogP contribution in [0.2, 0.25) is 0 Å². The Morgan fingerprint density at radius 2 is 1.82 bits per heavy atom. The second-order valence-corrected chi connectivity index (χ2v) is 5.46. The lowest BCUT2D eigenvalue weighted by atomic mass is 10.4. The molecule has 0 unspecified atom stereocenters. The first-order valence-electron chi connectivity index (χ1n) is 2.83. The average Bonchev–Trinajstić information content (AvgIpc) is 2.00. The number of sulfonamides is 1. The standard InChI is InChI=1S/C4H10INO4S/c5-3-11(9,10)6-4(1-7)2-8/h4,6-8H,1-3H2. The van der Waals surface area contributed by atoms with Gasteiger partial charge in [-0.15, -0.1) is 0 Å². The molecule has 0 rings (SSSR count). The zero-order valence-corrected chi connectivity index (χ0v) is 8.67. The molecule has 0 aliphatic carbocycles. The molecular formula is C4H10INO4S. The van der Waals surface area contributed by atoms with Crippen LogP contribution in [0.4, 0.5) is 0 Å². The van der Waals surface area contributed by atoms with E-state index in [4.69, 9.17) is 10.2 Å². The first kappa shape index (κ1) is 11.6. The molecule has 11 heavy (non-hydrogen) atoms. The first-order valence-corrected chi connectivity index (χ1v) is 6.01. The van der Waals surface area contributed by atoms with Crippen molar-refractivity contribution in [3.05, 3.63) is 0 Å².